The summed E-state index contributed by atoms with van der Waals surface area (Å²) in [6, 6.07) is 2.09. The van der Waals surface area contributed by atoms with Crippen LogP contribution < -0.4 is 0 Å². The first-order valence-electron chi connectivity index (χ1n) is 5.71. The molecule has 0 amide bonds. The zero-order chi connectivity index (χ0) is 10.8. The lowest BCUT2D eigenvalue weighted by Gasteiger charge is -2.12. The number of aromatic nitrogens is 2. The monoisotopic (exact) mass is 268 g/mol. The van der Waals surface area contributed by atoms with Gasteiger partial charge in [0.1, 0.15) is 10.4 Å². The second kappa shape index (κ2) is 4.60. The molecule has 1 aliphatic rings. The van der Waals surface area contributed by atoms with E-state index in [2.05, 4.69) is 45.8 Å². The summed E-state index contributed by atoms with van der Waals surface area (Å²) < 4.78 is 0.933. The van der Waals surface area contributed by atoms with E-state index in [-0.39, 0.29) is 0 Å². The van der Waals surface area contributed by atoms with Crippen LogP contribution in [0.25, 0.3) is 0 Å². The summed E-state index contributed by atoms with van der Waals surface area (Å²) in [5, 5.41) is 0. The molecule has 0 unspecified atom stereocenters. The highest BCUT2D eigenvalue weighted by molar-refractivity contribution is 9.10. The Morgan fingerprint density at radius 1 is 1.27 bits per heavy atom. The fourth-order valence-electron chi connectivity index (χ4n) is 2.14. The molecule has 0 aliphatic heterocycles. The highest BCUT2D eigenvalue weighted by Gasteiger charge is 2.20. The third-order valence-electron chi connectivity index (χ3n) is 3.02. The molecule has 82 valence electrons. The van der Waals surface area contributed by atoms with E-state index < -0.39 is 0 Å². The molecule has 15 heavy (non-hydrogen) atoms. The maximum atomic E-state index is 4.67. The van der Waals surface area contributed by atoms with Crippen LogP contribution in [0.2, 0.25) is 0 Å². The van der Waals surface area contributed by atoms with Gasteiger partial charge in [-0.1, -0.05) is 26.7 Å². The predicted octanol–water partition coefficient (Wildman–Crippen LogP) is 4.02. The van der Waals surface area contributed by atoms with Gasteiger partial charge in [0.05, 0.1) is 0 Å². The minimum atomic E-state index is 0.405. The summed E-state index contributed by atoms with van der Waals surface area (Å²) in [6.45, 7) is 4.28. The Hall–Kier alpha value is -0.440. The molecule has 0 N–H and O–H groups in total. The second-order valence-electron chi connectivity index (χ2n) is 4.61. The molecule has 0 bridgehead atoms. The molecule has 1 aromatic rings. The lowest BCUT2D eigenvalue weighted by Crippen LogP contribution is -2.04. The first kappa shape index (κ1) is 11.1. The Labute approximate surface area is 99.7 Å². The zero-order valence-corrected chi connectivity index (χ0v) is 10.9. The van der Waals surface area contributed by atoms with Gasteiger partial charge < -0.3 is 0 Å². The van der Waals surface area contributed by atoms with Crippen LogP contribution in [-0.2, 0) is 0 Å². The Balaban J connectivity index is 2.30. The van der Waals surface area contributed by atoms with E-state index in [9.17, 15) is 0 Å². The maximum Gasteiger partial charge on any atom is 0.132 e. The molecule has 3 heteroatoms. The van der Waals surface area contributed by atoms with Crippen molar-refractivity contribution in [3.63, 3.8) is 0 Å². The average molecular weight is 269 g/mol. The van der Waals surface area contributed by atoms with Crippen molar-refractivity contribution in [2.24, 2.45) is 0 Å². The molecule has 1 fully saturated rings. The van der Waals surface area contributed by atoms with Crippen LogP contribution in [0.15, 0.2) is 10.7 Å². The minimum Gasteiger partial charge on any atom is -0.237 e. The van der Waals surface area contributed by atoms with E-state index >= 15 is 0 Å². The molecular weight excluding hydrogens is 252 g/mol. The normalized spacial score (nSPS) is 17.6. The molecule has 1 saturated carbocycles. The summed E-state index contributed by atoms with van der Waals surface area (Å²) in [7, 11) is 0. The Morgan fingerprint density at radius 2 is 1.93 bits per heavy atom. The van der Waals surface area contributed by atoms with E-state index in [0.29, 0.717) is 11.8 Å². The zero-order valence-electron chi connectivity index (χ0n) is 9.33. The number of halogens is 1. The van der Waals surface area contributed by atoms with Gasteiger partial charge in [-0.05, 0) is 34.8 Å². The molecule has 1 heterocycles. The van der Waals surface area contributed by atoms with Crippen LogP contribution in [0.1, 0.15) is 62.9 Å². The fraction of sp³-hybridized carbons (Fsp3) is 0.667. The van der Waals surface area contributed by atoms with Crippen LogP contribution in [0, 0.1) is 0 Å². The van der Waals surface area contributed by atoms with Crippen LogP contribution in [0.4, 0.5) is 0 Å². The fourth-order valence-corrected chi connectivity index (χ4v) is 2.56. The Morgan fingerprint density at radius 3 is 2.53 bits per heavy atom. The van der Waals surface area contributed by atoms with Crippen molar-refractivity contribution in [2.45, 2.75) is 51.4 Å². The highest BCUT2D eigenvalue weighted by Crippen LogP contribution is 2.34. The Kier molecular flexibility index (Phi) is 3.39. The summed E-state index contributed by atoms with van der Waals surface area (Å²) >= 11 is 3.48. The molecule has 0 saturated heterocycles. The van der Waals surface area contributed by atoms with Gasteiger partial charge in [-0.15, -0.1) is 0 Å². The third-order valence-corrected chi connectivity index (χ3v) is 3.43. The van der Waals surface area contributed by atoms with Gasteiger partial charge in [-0.25, -0.2) is 9.97 Å². The van der Waals surface area contributed by atoms with Crippen LogP contribution in [0.5, 0.6) is 0 Å². The number of hydrogen-bond acceptors (Lipinski definition) is 2. The maximum absolute atomic E-state index is 4.67. The quantitative estimate of drug-likeness (QED) is 0.758. The first-order valence-corrected chi connectivity index (χ1v) is 6.50. The van der Waals surface area contributed by atoms with Gasteiger partial charge in [-0.3, -0.25) is 0 Å². The lowest BCUT2D eigenvalue weighted by atomic mass is 10.0. The van der Waals surface area contributed by atoms with E-state index in [1.807, 2.05) is 0 Å². The van der Waals surface area contributed by atoms with Gasteiger partial charge in [0.2, 0.25) is 0 Å². The van der Waals surface area contributed by atoms with Crippen molar-refractivity contribution >= 4 is 15.9 Å². The summed E-state index contributed by atoms with van der Waals surface area (Å²) in [6.07, 6.45) is 5.29. The molecule has 0 spiro atoms. The van der Waals surface area contributed by atoms with Crippen molar-refractivity contribution < 1.29 is 0 Å². The van der Waals surface area contributed by atoms with E-state index in [0.717, 1.165) is 10.4 Å². The second-order valence-corrected chi connectivity index (χ2v) is 5.42. The number of nitrogens with zero attached hydrogens (tertiary/aromatic N) is 2. The van der Waals surface area contributed by atoms with E-state index in [4.69, 9.17) is 0 Å². The number of rotatable bonds is 2. The molecule has 0 radical (unpaired) electrons. The SMILES string of the molecule is CC(C)c1nc(Br)cc(C2CCCC2)n1. The van der Waals surface area contributed by atoms with E-state index in [1.54, 1.807) is 0 Å². The van der Waals surface area contributed by atoms with Crippen LogP contribution in [0.3, 0.4) is 0 Å². The molecule has 2 rings (SSSR count). The van der Waals surface area contributed by atoms with Gasteiger partial charge in [0, 0.05) is 17.5 Å². The van der Waals surface area contributed by atoms with Crippen molar-refractivity contribution in [1.82, 2.24) is 9.97 Å². The van der Waals surface area contributed by atoms with Crippen molar-refractivity contribution in [3.05, 3.63) is 22.2 Å². The summed E-state index contributed by atoms with van der Waals surface area (Å²) in [5.74, 6) is 2.04. The van der Waals surface area contributed by atoms with Crippen molar-refractivity contribution in [1.29, 1.82) is 0 Å². The third kappa shape index (κ3) is 2.57. The van der Waals surface area contributed by atoms with Gasteiger partial charge >= 0.3 is 0 Å². The van der Waals surface area contributed by atoms with Gasteiger partial charge in [-0.2, -0.15) is 0 Å². The number of hydrogen-bond donors (Lipinski definition) is 0. The molecule has 2 nitrogen and oxygen atoms in total. The Bertz CT molecular complexity index is 343. The minimum absolute atomic E-state index is 0.405. The lowest BCUT2D eigenvalue weighted by molar-refractivity contribution is 0.666. The summed E-state index contributed by atoms with van der Waals surface area (Å²) in [5.41, 5.74) is 1.23. The molecule has 1 aliphatic carbocycles. The predicted molar refractivity (Wildman–Crippen MR) is 65.0 cm³/mol. The largest absolute Gasteiger partial charge is 0.237 e. The first-order chi connectivity index (χ1) is 7.16. The van der Waals surface area contributed by atoms with Crippen molar-refractivity contribution in [2.75, 3.05) is 0 Å². The molecule has 1 aromatic heterocycles. The van der Waals surface area contributed by atoms with Gasteiger partial charge in [0.15, 0.2) is 0 Å². The van der Waals surface area contributed by atoms with Crippen molar-refractivity contribution in [3.8, 4) is 0 Å². The van der Waals surface area contributed by atoms with Crippen LogP contribution >= 0.6 is 15.9 Å². The highest BCUT2D eigenvalue weighted by atomic mass is 79.9. The smallest absolute Gasteiger partial charge is 0.132 e. The standard InChI is InChI=1S/C12H17BrN2/c1-8(2)12-14-10(7-11(13)15-12)9-5-3-4-6-9/h7-9H,3-6H2,1-2H3. The molecular formula is C12H17BrN2. The molecule has 0 aromatic carbocycles. The molecule has 0 atom stereocenters. The topological polar surface area (TPSA) is 25.8 Å². The summed E-state index contributed by atoms with van der Waals surface area (Å²) in [4.78, 5) is 9.08. The van der Waals surface area contributed by atoms with Gasteiger partial charge in [0.25, 0.3) is 0 Å². The van der Waals surface area contributed by atoms with E-state index in [1.165, 1.54) is 31.4 Å². The van der Waals surface area contributed by atoms with Crippen LogP contribution in [-0.4, -0.2) is 9.97 Å². The average Bonchev–Trinajstić information content (AvgIpc) is 2.69.